The predicted molar refractivity (Wildman–Crippen MR) is 76.8 cm³/mol. The summed E-state index contributed by atoms with van der Waals surface area (Å²) in [4.78, 5) is 12.7. The topological polar surface area (TPSA) is 21.5 Å². The van der Waals surface area contributed by atoms with Crippen LogP contribution in [0.1, 0.15) is 84.0 Å². The fourth-order valence-electron chi connectivity index (χ4n) is 2.87. The van der Waals surface area contributed by atoms with Gasteiger partial charge in [0, 0.05) is 6.42 Å². The molecular weight excluding hydrogens is 349 g/mol. The summed E-state index contributed by atoms with van der Waals surface area (Å²) in [5.41, 5.74) is 0. The number of carbonyl (C=O) groups excluding carboxylic acids is 1. The zero-order valence-electron chi connectivity index (χ0n) is 12.7. The minimum atomic E-state index is 0. The van der Waals surface area contributed by atoms with Gasteiger partial charge < -0.3 is 24.0 Å². The van der Waals surface area contributed by atoms with E-state index in [1.807, 2.05) is 0 Å². The lowest BCUT2D eigenvalue weighted by molar-refractivity contribution is -0.811. The fraction of sp³-hybridized carbons (Fsp3) is 0.938. The summed E-state index contributed by atoms with van der Waals surface area (Å²) in [5.74, 6) is 0.464. The average Bonchev–Trinajstić information content (AvgIpc) is 2.77. The molecule has 0 aromatic rings. The van der Waals surface area contributed by atoms with E-state index in [0.29, 0.717) is 5.91 Å². The van der Waals surface area contributed by atoms with Crippen molar-refractivity contribution in [3.8, 4) is 0 Å². The van der Waals surface area contributed by atoms with Crippen LogP contribution in [0.3, 0.4) is 0 Å². The third kappa shape index (κ3) is 9.83. The highest BCUT2D eigenvalue weighted by Crippen LogP contribution is 2.10. The normalized spacial score (nSPS) is 18.6. The molecule has 1 atom stereocenters. The lowest BCUT2D eigenvalue weighted by atomic mass is 10.1. The quantitative estimate of drug-likeness (QED) is 0.399. The molecule has 0 aromatic heterocycles. The largest absolute Gasteiger partial charge is 1.00 e. The van der Waals surface area contributed by atoms with Gasteiger partial charge in [0.05, 0.1) is 19.5 Å². The zero-order chi connectivity index (χ0) is 13.1. The molecule has 1 N–H and O–H groups in total. The first-order valence-electron chi connectivity index (χ1n) is 8.22. The molecule has 19 heavy (non-hydrogen) atoms. The van der Waals surface area contributed by atoms with Crippen molar-refractivity contribution in [3.05, 3.63) is 0 Å². The van der Waals surface area contributed by atoms with Gasteiger partial charge in [0.25, 0.3) is 0 Å². The Morgan fingerprint density at radius 3 is 1.89 bits per heavy atom. The van der Waals surface area contributed by atoms with Crippen LogP contribution in [-0.4, -0.2) is 19.0 Å². The molecule has 1 fully saturated rings. The Balaban J connectivity index is 0.00000324. The van der Waals surface area contributed by atoms with E-state index in [4.69, 9.17) is 0 Å². The summed E-state index contributed by atoms with van der Waals surface area (Å²) in [6.45, 7) is 4.46. The second kappa shape index (κ2) is 13.3. The van der Waals surface area contributed by atoms with Crippen molar-refractivity contribution in [1.29, 1.82) is 0 Å². The Kier molecular flexibility index (Phi) is 13.6. The van der Waals surface area contributed by atoms with Gasteiger partial charge in [-0.3, -0.25) is 4.90 Å². The first kappa shape index (κ1) is 19.4. The first-order chi connectivity index (χ1) is 8.84. The number of halogens is 1. The van der Waals surface area contributed by atoms with Crippen LogP contribution < -0.4 is 28.9 Å². The van der Waals surface area contributed by atoms with Crippen molar-refractivity contribution >= 4 is 5.91 Å². The highest BCUT2D eigenvalue weighted by molar-refractivity contribution is 5.67. The molecular formula is C16H32INO. The lowest BCUT2D eigenvalue weighted by Gasteiger charge is -2.09. The van der Waals surface area contributed by atoms with Gasteiger partial charge in [-0.2, -0.15) is 0 Å². The van der Waals surface area contributed by atoms with Crippen LogP contribution in [0.25, 0.3) is 0 Å². The van der Waals surface area contributed by atoms with E-state index < -0.39 is 0 Å². The number of likely N-dealkylation sites (tertiary alicyclic amines) is 1. The van der Waals surface area contributed by atoms with Gasteiger partial charge in [-0.15, -0.1) is 0 Å². The number of nitrogens with one attached hydrogen (secondary N) is 1. The molecule has 1 aliphatic rings. The van der Waals surface area contributed by atoms with Crippen molar-refractivity contribution in [2.75, 3.05) is 13.1 Å². The summed E-state index contributed by atoms with van der Waals surface area (Å²) in [5, 5.41) is 0. The number of unbranched alkanes of at least 4 members (excludes halogenated alkanes) is 9. The molecule has 0 radical (unpaired) electrons. The van der Waals surface area contributed by atoms with E-state index in [1.54, 1.807) is 0 Å². The maximum atomic E-state index is 11.4. The third-order valence-electron chi connectivity index (χ3n) is 4.11. The molecule has 1 saturated heterocycles. The van der Waals surface area contributed by atoms with Crippen LogP contribution in [-0.2, 0) is 4.79 Å². The minimum absolute atomic E-state index is 0. The van der Waals surface area contributed by atoms with Crippen LogP contribution in [0.2, 0.25) is 0 Å². The van der Waals surface area contributed by atoms with Crippen LogP contribution in [0.4, 0.5) is 0 Å². The zero-order valence-corrected chi connectivity index (χ0v) is 14.8. The second-order valence-electron chi connectivity index (χ2n) is 5.81. The summed E-state index contributed by atoms with van der Waals surface area (Å²) in [7, 11) is 0. The lowest BCUT2D eigenvalue weighted by Crippen LogP contribution is -3.12. The van der Waals surface area contributed by atoms with Crippen molar-refractivity contribution in [3.63, 3.8) is 0 Å². The smallest absolute Gasteiger partial charge is 0.312 e. The number of hydrogen-bond acceptors (Lipinski definition) is 1. The molecule has 0 spiro atoms. The van der Waals surface area contributed by atoms with Crippen molar-refractivity contribution in [2.45, 2.75) is 84.0 Å². The Hall–Kier alpha value is 0.360. The number of carbonyl (C=O) groups is 1. The SMILES string of the molecule is CCCCCCCCCCCC[NH+]1CCCC1=O.[I-]. The number of amides is 1. The van der Waals surface area contributed by atoms with Gasteiger partial charge in [0.1, 0.15) is 0 Å². The van der Waals surface area contributed by atoms with Crippen molar-refractivity contribution in [1.82, 2.24) is 0 Å². The molecule has 1 unspecified atom stereocenters. The molecule has 0 aromatic carbocycles. The van der Waals surface area contributed by atoms with Gasteiger partial charge in [-0.05, 0) is 12.8 Å². The molecule has 114 valence electrons. The summed E-state index contributed by atoms with van der Waals surface area (Å²) in [6.07, 6.45) is 15.7. The predicted octanol–water partition coefficient (Wildman–Crippen LogP) is 0.117. The van der Waals surface area contributed by atoms with Crippen LogP contribution in [0.15, 0.2) is 0 Å². The Morgan fingerprint density at radius 2 is 1.42 bits per heavy atom. The maximum absolute atomic E-state index is 11.4. The summed E-state index contributed by atoms with van der Waals surface area (Å²) in [6, 6.07) is 0. The van der Waals surface area contributed by atoms with Gasteiger partial charge in [-0.1, -0.05) is 58.3 Å². The third-order valence-corrected chi connectivity index (χ3v) is 4.11. The maximum Gasteiger partial charge on any atom is 0.312 e. The summed E-state index contributed by atoms with van der Waals surface area (Å²) < 4.78 is 0. The molecule has 1 rings (SSSR count). The highest BCUT2D eigenvalue weighted by atomic mass is 127. The average molecular weight is 381 g/mol. The number of rotatable bonds is 11. The fourth-order valence-corrected chi connectivity index (χ4v) is 2.87. The van der Waals surface area contributed by atoms with Crippen molar-refractivity contribution < 1.29 is 33.7 Å². The van der Waals surface area contributed by atoms with Gasteiger partial charge in [0.15, 0.2) is 0 Å². The standard InChI is InChI=1S/C16H31NO.HI/c1-2-3-4-5-6-7-8-9-10-11-14-17-15-12-13-16(17)18;/h2-15H2,1H3;1H. The van der Waals surface area contributed by atoms with Gasteiger partial charge >= 0.3 is 5.91 Å². The van der Waals surface area contributed by atoms with Gasteiger partial charge in [0.2, 0.25) is 0 Å². The molecule has 0 aliphatic carbocycles. The van der Waals surface area contributed by atoms with E-state index in [1.165, 1.54) is 69.1 Å². The monoisotopic (exact) mass is 381 g/mol. The van der Waals surface area contributed by atoms with E-state index in [9.17, 15) is 4.79 Å². The molecule has 3 heteroatoms. The Labute approximate surface area is 136 Å². The molecule has 1 heterocycles. The Bertz CT molecular complexity index is 221. The van der Waals surface area contributed by atoms with Crippen LogP contribution in [0, 0.1) is 0 Å². The molecule has 0 bridgehead atoms. The van der Waals surface area contributed by atoms with E-state index in [2.05, 4.69) is 6.92 Å². The van der Waals surface area contributed by atoms with E-state index in [0.717, 1.165) is 25.9 Å². The highest BCUT2D eigenvalue weighted by Gasteiger charge is 2.24. The van der Waals surface area contributed by atoms with Crippen molar-refractivity contribution in [2.24, 2.45) is 0 Å². The van der Waals surface area contributed by atoms with E-state index in [-0.39, 0.29) is 24.0 Å². The van der Waals surface area contributed by atoms with E-state index >= 15 is 0 Å². The molecule has 2 nitrogen and oxygen atoms in total. The van der Waals surface area contributed by atoms with Crippen LogP contribution >= 0.6 is 0 Å². The second-order valence-corrected chi connectivity index (χ2v) is 5.81. The first-order valence-corrected chi connectivity index (χ1v) is 8.22. The minimum Gasteiger partial charge on any atom is -1.00 e. The number of quaternary nitrogens is 1. The molecule has 1 aliphatic heterocycles. The molecule has 0 saturated carbocycles. The summed E-state index contributed by atoms with van der Waals surface area (Å²) >= 11 is 0. The Morgan fingerprint density at radius 1 is 0.895 bits per heavy atom. The van der Waals surface area contributed by atoms with Crippen LogP contribution in [0.5, 0.6) is 0 Å². The number of hydrogen-bond donors (Lipinski definition) is 1. The molecule has 1 amide bonds. The van der Waals surface area contributed by atoms with Gasteiger partial charge in [-0.25, -0.2) is 4.79 Å².